The van der Waals surface area contributed by atoms with Crippen molar-refractivity contribution >= 4 is 16.7 Å². The number of pyridine rings is 1. The van der Waals surface area contributed by atoms with Crippen LogP contribution in [0.25, 0.3) is 10.8 Å². The second-order valence-corrected chi connectivity index (χ2v) is 5.24. The Labute approximate surface area is 132 Å². The fourth-order valence-electron chi connectivity index (χ4n) is 2.42. The molecule has 0 spiro atoms. The lowest BCUT2D eigenvalue weighted by molar-refractivity contribution is 0.0949. The summed E-state index contributed by atoms with van der Waals surface area (Å²) in [7, 11) is 0. The third-order valence-corrected chi connectivity index (χ3v) is 3.59. The lowest BCUT2D eigenvalue weighted by atomic mass is 10.1. The summed E-state index contributed by atoms with van der Waals surface area (Å²) in [6.45, 7) is 0.450. The predicted molar refractivity (Wildman–Crippen MR) is 87.0 cm³/mol. The molecule has 0 aliphatic rings. The molecule has 3 rings (SSSR count). The van der Waals surface area contributed by atoms with Crippen molar-refractivity contribution in [2.75, 3.05) is 6.54 Å². The van der Waals surface area contributed by atoms with Crippen molar-refractivity contribution in [2.45, 2.75) is 6.42 Å². The van der Waals surface area contributed by atoms with Crippen LogP contribution >= 0.6 is 0 Å². The second kappa shape index (κ2) is 6.44. The Morgan fingerprint density at radius 2 is 1.87 bits per heavy atom. The van der Waals surface area contributed by atoms with E-state index in [1.54, 1.807) is 0 Å². The molecule has 0 atom stereocenters. The summed E-state index contributed by atoms with van der Waals surface area (Å²) in [6.07, 6.45) is 0.693. The SMILES string of the molecule is O=C(NCCc1ccccc1)c1cc2cc(F)ccc2c(=O)[nH]1. The van der Waals surface area contributed by atoms with E-state index in [-0.39, 0.29) is 11.6 Å². The minimum atomic E-state index is -0.446. The van der Waals surface area contributed by atoms with E-state index in [0.717, 1.165) is 5.56 Å². The van der Waals surface area contributed by atoms with Crippen LogP contribution < -0.4 is 10.9 Å². The van der Waals surface area contributed by atoms with Crippen LogP contribution in [0.1, 0.15) is 16.1 Å². The lowest BCUT2D eigenvalue weighted by Gasteiger charge is -2.06. The number of hydrogen-bond acceptors (Lipinski definition) is 2. The molecule has 4 nitrogen and oxygen atoms in total. The van der Waals surface area contributed by atoms with Crippen LogP contribution in [0.3, 0.4) is 0 Å². The summed E-state index contributed by atoms with van der Waals surface area (Å²) in [5.41, 5.74) is 0.832. The van der Waals surface area contributed by atoms with E-state index in [1.807, 2.05) is 30.3 Å². The molecule has 0 saturated heterocycles. The Kier molecular flexibility index (Phi) is 4.19. The second-order valence-electron chi connectivity index (χ2n) is 5.24. The van der Waals surface area contributed by atoms with E-state index in [0.29, 0.717) is 23.7 Å². The molecular formula is C18H15FN2O2. The first kappa shape index (κ1) is 15.0. The third-order valence-electron chi connectivity index (χ3n) is 3.59. The molecule has 0 unspecified atom stereocenters. The molecule has 1 amide bonds. The van der Waals surface area contributed by atoms with Crippen molar-refractivity contribution in [1.82, 2.24) is 10.3 Å². The van der Waals surface area contributed by atoms with Gasteiger partial charge in [0.05, 0.1) is 0 Å². The fourth-order valence-corrected chi connectivity index (χ4v) is 2.42. The van der Waals surface area contributed by atoms with Crippen LogP contribution in [0.2, 0.25) is 0 Å². The quantitative estimate of drug-likeness (QED) is 0.778. The van der Waals surface area contributed by atoms with Gasteiger partial charge in [0.2, 0.25) is 0 Å². The molecule has 0 fully saturated rings. The van der Waals surface area contributed by atoms with Gasteiger partial charge in [0.15, 0.2) is 0 Å². The average molecular weight is 310 g/mol. The summed E-state index contributed by atoms with van der Waals surface area (Å²) in [4.78, 5) is 26.6. The van der Waals surface area contributed by atoms with Gasteiger partial charge in [0.25, 0.3) is 11.5 Å². The molecule has 0 aliphatic heterocycles. The molecule has 0 saturated carbocycles. The van der Waals surface area contributed by atoms with Crippen LogP contribution in [0.4, 0.5) is 4.39 Å². The smallest absolute Gasteiger partial charge is 0.267 e. The zero-order valence-corrected chi connectivity index (χ0v) is 12.3. The number of rotatable bonds is 4. The lowest BCUT2D eigenvalue weighted by Crippen LogP contribution is -2.28. The number of aromatic nitrogens is 1. The van der Waals surface area contributed by atoms with Crippen LogP contribution in [-0.2, 0) is 6.42 Å². The van der Waals surface area contributed by atoms with Gasteiger partial charge in [-0.1, -0.05) is 30.3 Å². The Bertz CT molecular complexity index is 904. The number of carbonyl (C=O) groups excluding carboxylic acids is 1. The van der Waals surface area contributed by atoms with Crippen LogP contribution in [-0.4, -0.2) is 17.4 Å². The molecule has 116 valence electrons. The number of fused-ring (bicyclic) bond motifs is 1. The predicted octanol–water partition coefficient (Wildman–Crippen LogP) is 2.64. The van der Waals surface area contributed by atoms with Gasteiger partial charge in [-0.3, -0.25) is 9.59 Å². The van der Waals surface area contributed by atoms with E-state index in [1.165, 1.54) is 24.3 Å². The van der Waals surface area contributed by atoms with E-state index >= 15 is 0 Å². The Morgan fingerprint density at radius 3 is 2.65 bits per heavy atom. The normalized spacial score (nSPS) is 10.7. The molecule has 0 aliphatic carbocycles. The minimum Gasteiger partial charge on any atom is -0.350 e. The standard InChI is InChI=1S/C18H15FN2O2/c19-14-6-7-15-13(10-14)11-16(21-17(15)22)18(23)20-9-8-12-4-2-1-3-5-12/h1-7,10-11H,8-9H2,(H,20,23)(H,21,22). The summed E-state index contributed by atoms with van der Waals surface area (Å²) < 4.78 is 13.3. The maximum Gasteiger partial charge on any atom is 0.267 e. The van der Waals surface area contributed by atoms with Crippen LogP contribution in [0.5, 0.6) is 0 Å². The van der Waals surface area contributed by atoms with Gasteiger partial charge in [-0.2, -0.15) is 0 Å². The van der Waals surface area contributed by atoms with Crippen molar-refractivity contribution in [3.05, 3.63) is 82.0 Å². The third kappa shape index (κ3) is 3.45. The van der Waals surface area contributed by atoms with Gasteiger partial charge in [0, 0.05) is 11.9 Å². The highest BCUT2D eigenvalue weighted by Crippen LogP contribution is 2.12. The molecule has 5 heteroatoms. The number of amides is 1. The maximum absolute atomic E-state index is 13.3. The topological polar surface area (TPSA) is 62.0 Å². The minimum absolute atomic E-state index is 0.126. The van der Waals surface area contributed by atoms with Crippen molar-refractivity contribution in [3.63, 3.8) is 0 Å². The van der Waals surface area contributed by atoms with Gasteiger partial charge in [-0.05, 0) is 41.6 Å². The molecule has 1 aromatic heterocycles. The zero-order valence-electron chi connectivity index (χ0n) is 12.3. The van der Waals surface area contributed by atoms with Crippen molar-refractivity contribution in [1.29, 1.82) is 0 Å². The number of aromatic amines is 1. The van der Waals surface area contributed by atoms with Gasteiger partial charge in [0.1, 0.15) is 11.5 Å². The van der Waals surface area contributed by atoms with Crippen molar-refractivity contribution in [3.8, 4) is 0 Å². The van der Waals surface area contributed by atoms with E-state index < -0.39 is 11.4 Å². The molecule has 0 bridgehead atoms. The van der Waals surface area contributed by atoms with Crippen LogP contribution in [0.15, 0.2) is 59.4 Å². The summed E-state index contributed by atoms with van der Waals surface area (Å²) in [5, 5.41) is 3.51. The number of H-pyrrole nitrogens is 1. The maximum atomic E-state index is 13.3. The summed E-state index contributed by atoms with van der Waals surface area (Å²) in [5.74, 6) is -0.831. The Hall–Kier alpha value is -2.95. The zero-order chi connectivity index (χ0) is 16.2. The summed E-state index contributed by atoms with van der Waals surface area (Å²) >= 11 is 0. The number of nitrogens with one attached hydrogen (secondary N) is 2. The van der Waals surface area contributed by atoms with Crippen LogP contribution in [0, 0.1) is 5.82 Å². The molecule has 0 radical (unpaired) electrons. The number of benzene rings is 2. The molecular weight excluding hydrogens is 295 g/mol. The molecule has 23 heavy (non-hydrogen) atoms. The Balaban J connectivity index is 1.74. The molecule has 2 N–H and O–H groups in total. The molecule has 1 heterocycles. The van der Waals surface area contributed by atoms with Gasteiger partial charge in [-0.15, -0.1) is 0 Å². The average Bonchev–Trinajstić information content (AvgIpc) is 2.55. The van der Waals surface area contributed by atoms with E-state index in [2.05, 4.69) is 10.3 Å². The first-order chi connectivity index (χ1) is 11.1. The molecule has 3 aromatic rings. The van der Waals surface area contributed by atoms with Gasteiger partial charge < -0.3 is 10.3 Å². The van der Waals surface area contributed by atoms with E-state index in [4.69, 9.17) is 0 Å². The molecule has 2 aromatic carbocycles. The van der Waals surface area contributed by atoms with Crippen molar-refractivity contribution < 1.29 is 9.18 Å². The largest absolute Gasteiger partial charge is 0.350 e. The number of carbonyl (C=O) groups is 1. The first-order valence-corrected chi connectivity index (χ1v) is 7.28. The highest BCUT2D eigenvalue weighted by atomic mass is 19.1. The highest BCUT2D eigenvalue weighted by molar-refractivity contribution is 5.96. The van der Waals surface area contributed by atoms with Gasteiger partial charge >= 0.3 is 0 Å². The monoisotopic (exact) mass is 310 g/mol. The number of halogens is 1. The van der Waals surface area contributed by atoms with Gasteiger partial charge in [-0.25, -0.2) is 4.39 Å². The van der Waals surface area contributed by atoms with E-state index in [9.17, 15) is 14.0 Å². The van der Waals surface area contributed by atoms with Crippen molar-refractivity contribution in [2.24, 2.45) is 0 Å². The summed E-state index contributed by atoms with van der Waals surface area (Å²) in [6, 6.07) is 15.1. The highest BCUT2D eigenvalue weighted by Gasteiger charge is 2.09. The number of hydrogen-bond donors (Lipinski definition) is 2. The first-order valence-electron chi connectivity index (χ1n) is 7.28. The fraction of sp³-hybridized carbons (Fsp3) is 0.111. The Morgan fingerprint density at radius 1 is 1.09 bits per heavy atom.